The van der Waals surface area contributed by atoms with Gasteiger partial charge in [-0.2, -0.15) is 5.06 Å². The van der Waals surface area contributed by atoms with Crippen molar-refractivity contribution in [3.8, 4) is 0 Å². The molecule has 0 aliphatic carbocycles. The molecule has 0 bridgehead atoms. The standard InChI is InChI=1S/C15H27NO5/c1-7-10-11(14(19)20-15(4,5)6)16(12(17)8-2)21-13(18)9-3/h11H,7-10H2,1-6H3. The summed E-state index contributed by atoms with van der Waals surface area (Å²) in [7, 11) is 0. The Morgan fingerprint density at radius 2 is 1.62 bits per heavy atom. The third kappa shape index (κ3) is 7.11. The molecule has 0 saturated heterocycles. The molecule has 122 valence electrons. The van der Waals surface area contributed by atoms with Crippen LogP contribution in [0.4, 0.5) is 0 Å². The molecular weight excluding hydrogens is 274 g/mol. The van der Waals surface area contributed by atoms with E-state index in [9.17, 15) is 14.4 Å². The maximum absolute atomic E-state index is 12.3. The molecule has 0 spiro atoms. The smallest absolute Gasteiger partial charge is 0.333 e. The molecule has 0 saturated carbocycles. The van der Waals surface area contributed by atoms with Crippen LogP contribution in [0.15, 0.2) is 0 Å². The Balaban J connectivity index is 5.25. The minimum atomic E-state index is -0.905. The predicted octanol–water partition coefficient (Wildman–Crippen LogP) is 2.60. The van der Waals surface area contributed by atoms with Crippen molar-refractivity contribution < 1.29 is 24.0 Å². The molecule has 0 aliphatic heterocycles. The zero-order valence-corrected chi connectivity index (χ0v) is 13.9. The van der Waals surface area contributed by atoms with Crippen molar-refractivity contribution >= 4 is 17.8 Å². The van der Waals surface area contributed by atoms with E-state index >= 15 is 0 Å². The number of ether oxygens (including phenoxy) is 1. The van der Waals surface area contributed by atoms with Crippen molar-refractivity contribution in [1.82, 2.24) is 5.06 Å². The van der Waals surface area contributed by atoms with E-state index in [0.717, 1.165) is 5.06 Å². The maximum atomic E-state index is 12.3. The Morgan fingerprint density at radius 3 is 2.00 bits per heavy atom. The molecule has 0 N–H and O–H groups in total. The molecule has 6 nitrogen and oxygen atoms in total. The first-order valence-corrected chi connectivity index (χ1v) is 7.41. The quantitative estimate of drug-likeness (QED) is 0.557. The number of carbonyl (C=O) groups excluding carboxylic acids is 3. The zero-order chi connectivity index (χ0) is 16.6. The van der Waals surface area contributed by atoms with Crippen LogP contribution in [0.5, 0.6) is 0 Å². The molecule has 6 heteroatoms. The van der Waals surface area contributed by atoms with Gasteiger partial charge in [-0.25, -0.2) is 9.59 Å². The lowest BCUT2D eigenvalue weighted by molar-refractivity contribution is -0.215. The summed E-state index contributed by atoms with van der Waals surface area (Å²) >= 11 is 0. The van der Waals surface area contributed by atoms with Crippen molar-refractivity contribution in [2.24, 2.45) is 0 Å². The number of carbonyl (C=O) groups is 3. The molecule has 0 aromatic carbocycles. The van der Waals surface area contributed by atoms with Gasteiger partial charge in [0, 0.05) is 12.8 Å². The zero-order valence-electron chi connectivity index (χ0n) is 13.9. The highest BCUT2D eigenvalue weighted by atomic mass is 16.7. The van der Waals surface area contributed by atoms with Gasteiger partial charge >= 0.3 is 11.9 Å². The van der Waals surface area contributed by atoms with Gasteiger partial charge in [0.2, 0.25) is 0 Å². The van der Waals surface area contributed by atoms with Crippen LogP contribution in [0.3, 0.4) is 0 Å². The largest absolute Gasteiger partial charge is 0.458 e. The monoisotopic (exact) mass is 301 g/mol. The Hall–Kier alpha value is -1.59. The van der Waals surface area contributed by atoms with Gasteiger partial charge < -0.3 is 9.57 Å². The molecule has 0 fully saturated rings. The third-order valence-electron chi connectivity index (χ3n) is 2.56. The van der Waals surface area contributed by atoms with E-state index in [1.165, 1.54) is 0 Å². The Bertz CT molecular complexity index is 373. The van der Waals surface area contributed by atoms with Crippen LogP contribution in [0.25, 0.3) is 0 Å². The normalized spacial score (nSPS) is 12.5. The van der Waals surface area contributed by atoms with Gasteiger partial charge in [-0.3, -0.25) is 4.79 Å². The summed E-state index contributed by atoms with van der Waals surface area (Å²) in [6, 6.07) is -0.905. The van der Waals surface area contributed by atoms with Crippen LogP contribution in [0.1, 0.15) is 67.2 Å². The molecule has 0 aromatic rings. The topological polar surface area (TPSA) is 72.9 Å². The third-order valence-corrected chi connectivity index (χ3v) is 2.56. The van der Waals surface area contributed by atoms with E-state index in [4.69, 9.17) is 9.57 Å². The van der Waals surface area contributed by atoms with Gasteiger partial charge in [-0.15, -0.1) is 0 Å². The number of hydrogen-bond acceptors (Lipinski definition) is 5. The molecule has 0 aromatic heterocycles. The Kier molecular flexibility index (Phi) is 7.99. The van der Waals surface area contributed by atoms with Crippen molar-refractivity contribution in [1.29, 1.82) is 0 Å². The van der Waals surface area contributed by atoms with Gasteiger partial charge in [0.1, 0.15) is 5.60 Å². The first-order valence-electron chi connectivity index (χ1n) is 7.41. The second kappa shape index (κ2) is 8.64. The van der Waals surface area contributed by atoms with Crippen molar-refractivity contribution in [2.75, 3.05) is 0 Å². The van der Waals surface area contributed by atoms with Gasteiger partial charge in [-0.05, 0) is 27.2 Å². The van der Waals surface area contributed by atoms with E-state index in [1.807, 2.05) is 6.92 Å². The molecule has 0 radical (unpaired) electrons. The summed E-state index contributed by atoms with van der Waals surface area (Å²) in [5.41, 5.74) is -0.668. The highest BCUT2D eigenvalue weighted by Crippen LogP contribution is 2.17. The fraction of sp³-hybridized carbons (Fsp3) is 0.800. The fourth-order valence-electron chi connectivity index (χ4n) is 1.59. The van der Waals surface area contributed by atoms with Gasteiger partial charge in [0.25, 0.3) is 5.91 Å². The molecule has 0 aliphatic rings. The first kappa shape index (κ1) is 19.4. The van der Waals surface area contributed by atoms with E-state index in [1.54, 1.807) is 34.6 Å². The van der Waals surface area contributed by atoms with Crippen molar-refractivity contribution in [3.63, 3.8) is 0 Å². The number of hydrogen-bond donors (Lipinski definition) is 0. The molecule has 1 unspecified atom stereocenters. The van der Waals surface area contributed by atoms with E-state index < -0.39 is 29.5 Å². The Morgan fingerprint density at radius 1 is 1.05 bits per heavy atom. The highest BCUT2D eigenvalue weighted by Gasteiger charge is 2.35. The van der Waals surface area contributed by atoms with Crippen LogP contribution >= 0.6 is 0 Å². The van der Waals surface area contributed by atoms with Crippen molar-refractivity contribution in [3.05, 3.63) is 0 Å². The molecule has 21 heavy (non-hydrogen) atoms. The molecule has 0 rings (SSSR count). The second-order valence-electron chi connectivity index (χ2n) is 5.73. The van der Waals surface area contributed by atoms with E-state index in [0.29, 0.717) is 12.8 Å². The summed E-state index contributed by atoms with van der Waals surface area (Å²) in [6.07, 6.45) is 1.29. The molecule has 1 atom stereocenters. The van der Waals surface area contributed by atoms with Crippen molar-refractivity contribution in [2.45, 2.75) is 78.9 Å². The SMILES string of the molecule is CCCC(C(=O)OC(C)(C)C)N(OC(=O)CC)C(=O)CC. The lowest BCUT2D eigenvalue weighted by Gasteiger charge is -2.30. The summed E-state index contributed by atoms with van der Waals surface area (Å²) in [5, 5.41) is 0.878. The Labute approximate surface area is 126 Å². The van der Waals surface area contributed by atoms with Gasteiger partial charge in [0.05, 0.1) is 0 Å². The van der Waals surface area contributed by atoms with Crippen LogP contribution in [-0.2, 0) is 24.0 Å². The number of rotatable bonds is 6. The van der Waals surface area contributed by atoms with Gasteiger partial charge in [-0.1, -0.05) is 27.2 Å². The average Bonchev–Trinajstić information content (AvgIpc) is 2.39. The fourth-order valence-corrected chi connectivity index (χ4v) is 1.59. The minimum absolute atomic E-state index is 0.126. The predicted molar refractivity (Wildman–Crippen MR) is 78.1 cm³/mol. The summed E-state index contributed by atoms with van der Waals surface area (Å²) < 4.78 is 5.32. The van der Waals surface area contributed by atoms with Crippen LogP contribution in [-0.4, -0.2) is 34.6 Å². The summed E-state index contributed by atoms with van der Waals surface area (Å²) in [4.78, 5) is 40.8. The second-order valence-corrected chi connectivity index (χ2v) is 5.73. The number of hydroxylamine groups is 2. The lowest BCUT2D eigenvalue weighted by Crippen LogP contribution is -2.48. The molecule has 0 heterocycles. The molecular formula is C15H27NO5. The number of amides is 1. The van der Waals surface area contributed by atoms with E-state index in [-0.39, 0.29) is 12.8 Å². The van der Waals surface area contributed by atoms with Gasteiger partial charge in [0.15, 0.2) is 6.04 Å². The number of esters is 1. The molecule has 1 amide bonds. The number of nitrogens with zero attached hydrogens (tertiary/aromatic N) is 1. The highest BCUT2D eigenvalue weighted by molar-refractivity contribution is 5.85. The maximum Gasteiger partial charge on any atom is 0.333 e. The lowest BCUT2D eigenvalue weighted by atomic mass is 10.1. The first-order chi connectivity index (χ1) is 9.66. The van der Waals surface area contributed by atoms with Crippen LogP contribution in [0, 0.1) is 0 Å². The van der Waals surface area contributed by atoms with Crippen LogP contribution < -0.4 is 0 Å². The van der Waals surface area contributed by atoms with Crippen LogP contribution in [0.2, 0.25) is 0 Å². The minimum Gasteiger partial charge on any atom is -0.458 e. The summed E-state index contributed by atoms with van der Waals surface area (Å²) in [5.74, 6) is -1.53. The summed E-state index contributed by atoms with van der Waals surface area (Å²) in [6.45, 7) is 10.4. The van der Waals surface area contributed by atoms with E-state index in [2.05, 4.69) is 0 Å². The average molecular weight is 301 g/mol.